The molecule has 1 aliphatic carbocycles. The number of carbonyl (C=O) groups excluding carboxylic acids is 2. The average molecular weight is 286 g/mol. The molecule has 2 amide bonds. The highest BCUT2D eigenvalue weighted by Crippen LogP contribution is 2.31. The van der Waals surface area contributed by atoms with Crippen molar-refractivity contribution in [3.05, 3.63) is 0 Å². The van der Waals surface area contributed by atoms with Crippen LogP contribution in [0.3, 0.4) is 0 Å². The van der Waals surface area contributed by atoms with Gasteiger partial charge in [0, 0.05) is 6.54 Å². The maximum atomic E-state index is 12.5. The van der Waals surface area contributed by atoms with E-state index in [-0.39, 0.29) is 12.5 Å². The Morgan fingerprint density at radius 1 is 1.20 bits per heavy atom. The van der Waals surface area contributed by atoms with Gasteiger partial charge in [-0.25, -0.2) is 5.48 Å². The smallest absolute Gasteiger partial charge is 0.307 e. The fourth-order valence-corrected chi connectivity index (χ4v) is 2.70. The molecular weight excluding hydrogens is 264 g/mol. The van der Waals surface area contributed by atoms with E-state index in [0.29, 0.717) is 25.8 Å². The van der Waals surface area contributed by atoms with Crippen molar-refractivity contribution in [1.82, 2.24) is 10.4 Å². The number of rotatable bonds is 6. The van der Waals surface area contributed by atoms with E-state index in [4.69, 9.17) is 5.21 Å². The molecule has 114 valence electrons. The van der Waals surface area contributed by atoms with Crippen LogP contribution in [0.25, 0.3) is 0 Å². The van der Waals surface area contributed by atoms with Gasteiger partial charge in [0.2, 0.25) is 5.91 Å². The lowest BCUT2D eigenvalue weighted by Gasteiger charge is -2.32. The highest BCUT2D eigenvalue weighted by atomic mass is 16.5. The molecule has 7 heteroatoms. The number of amides is 2. The van der Waals surface area contributed by atoms with Crippen LogP contribution in [0.15, 0.2) is 0 Å². The normalized spacial score (nSPS) is 22.1. The Balaban J connectivity index is 2.80. The van der Waals surface area contributed by atoms with Gasteiger partial charge < -0.3 is 10.0 Å². The molecule has 7 nitrogen and oxygen atoms in total. The summed E-state index contributed by atoms with van der Waals surface area (Å²) in [6, 6.07) is 0. The first kappa shape index (κ1) is 16.4. The minimum atomic E-state index is -0.953. The lowest BCUT2D eigenvalue weighted by Crippen LogP contribution is -2.46. The quantitative estimate of drug-likeness (QED) is 0.490. The van der Waals surface area contributed by atoms with Gasteiger partial charge in [-0.2, -0.15) is 0 Å². The SMILES string of the molecule is CCCN(CC(=O)NO)C(=O)[C@@H]1CCCC[C@H]1C(=O)O. The zero-order valence-electron chi connectivity index (χ0n) is 11.7. The Morgan fingerprint density at radius 2 is 1.80 bits per heavy atom. The molecule has 1 fully saturated rings. The molecule has 0 aromatic carbocycles. The van der Waals surface area contributed by atoms with E-state index in [1.165, 1.54) is 10.4 Å². The van der Waals surface area contributed by atoms with E-state index in [0.717, 1.165) is 12.8 Å². The molecule has 0 aromatic heterocycles. The van der Waals surface area contributed by atoms with Gasteiger partial charge in [0.25, 0.3) is 5.91 Å². The topological polar surface area (TPSA) is 107 Å². The Labute approximate surface area is 117 Å². The molecule has 0 aromatic rings. The number of nitrogens with zero attached hydrogens (tertiary/aromatic N) is 1. The maximum Gasteiger partial charge on any atom is 0.307 e. The molecule has 0 spiro atoms. The van der Waals surface area contributed by atoms with E-state index >= 15 is 0 Å². The van der Waals surface area contributed by atoms with Crippen LogP contribution < -0.4 is 5.48 Å². The summed E-state index contributed by atoms with van der Waals surface area (Å²) in [5, 5.41) is 17.8. The number of hydrogen-bond acceptors (Lipinski definition) is 4. The molecule has 20 heavy (non-hydrogen) atoms. The first-order valence-corrected chi connectivity index (χ1v) is 6.95. The van der Waals surface area contributed by atoms with E-state index in [2.05, 4.69) is 0 Å². The fraction of sp³-hybridized carbons (Fsp3) is 0.769. The second-order valence-corrected chi connectivity index (χ2v) is 5.13. The molecular formula is C13H22N2O5. The van der Waals surface area contributed by atoms with Gasteiger partial charge in [-0.3, -0.25) is 19.6 Å². The van der Waals surface area contributed by atoms with Gasteiger partial charge >= 0.3 is 5.97 Å². The van der Waals surface area contributed by atoms with E-state index in [1.807, 2.05) is 6.92 Å². The molecule has 0 saturated heterocycles. The molecule has 2 atom stereocenters. The van der Waals surface area contributed by atoms with Crippen molar-refractivity contribution in [2.45, 2.75) is 39.0 Å². The van der Waals surface area contributed by atoms with Crippen LogP contribution in [0.2, 0.25) is 0 Å². The number of hydrogen-bond donors (Lipinski definition) is 3. The molecule has 0 radical (unpaired) electrons. The number of nitrogens with one attached hydrogen (secondary N) is 1. The zero-order valence-corrected chi connectivity index (χ0v) is 11.7. The highest BCUT2D eigenvalue weighted by molar-refractivity contribution is 5.88. The third-order valence-corrected chi connectivity index (χ3v) is 3.66. The molecule has 1 aliphatic rings. The largest absolute Gasteiger partial charge is 0.481 e. The van der Waals surface area contributed by atoms with Gasteiger partial charge in [0.15, 0.2) is 0 Å². The van der Waals surface area contributed by atoms with Gasteiger partial charge in [0.05, 0.1) is 11.8 Å². The molecule has 1 saturated carbocycles. The number of hydroxylamine groups is 1. The van der Waals surface area contributed by atoms with Crippen molar-refractivity contribution in [3.63, 3.8) is 0 Å². The average Bonchev–Trinajstić information content (AvgIpc) is 2.45. The molecule has 1 rings (SSSR count). The third kappa shape index (κ3) is 4.19. The van der Waals surface area contributed by atoms with Crippen LogP contribution in [0.1, 0.15) is 39.0 Å². The first-order valence-electron chi connectivity index (χ1n) is 6.95. The van der Waals surface area contributed by atoms with Crippen LogP contribution in [0, 0.1) is 11.8 Å². The summed E-state index contributed by atoms with van der Waals surface area (Å²) in [6.45, 7) is 1.99. The van der Waals surface area contributed by atoms with Crippen molar-refractivity contribution in [2.24, 2.45) is 11.8 Å². The number of carboxylic acid groups (broad SMARTS) is 1. The zero-order chi connectivity index (χ0) is 15.1. The van der Waals surface area contributed by atoms with Crippen molar-refractivity contribution in [3.8, 4) is 0 Å². The maximum absolute atomic E-state index is 12.5. The summed E-state index contributed by atoms with van der Waals surface area (Å²) >= 11 is 0. The number of carbonyl (C=O) groups is 3. The lowest BCUT2D eigenvalue weighted by atomic mass is 9.78. The summed E-state index contributed by atoms with van der Waals surface area (Å²) in [5.74, 6) is -3.17. The van der Waals surface area contributed by atoms with Gasteiger partial charge in [-0.1, -0.05) is 19.8 Å². The summed E-state index contributed by atoms with van der Waals surface area (Å²) in [4.78, 5) is 36.3. The Bertz CT molecular complexity index is 372. The van der Waals surface area contributed by atoms with E-state index < -0.39 is 23.7 Å². The minimum Gasteiger partial charge on any atom is -0.481 e. The highest BCUT2D eigenvalue weighted by Gasteiger charge is 2.38. The Morgan fingerprint density at radius 3 is 2.30 bits per heavy atom. The van der Waals surface area contributed by atoms with Crippen LogP contribution in [0.5, 0.6) is 0 Å². The van der Waals surface area contributed by atoms with E-state index in [1.54, 1.807) is 0 Å². The van der Waals surface area contributed by atoms with Gasteiger partial charge in [0.1, 0.15) is 6.54 Å². The number of aliphatic carboxylic acids is 1. The van der Waals surface area contributed by atoms with Crippen LogP contribution >= 0.6 is 0 Å². The standard InChI is InChI=1S/C13H22N2O5/c1-2-7-15(8-11(16)14-20)12(17)9-5-3-4-6-10(9)13(18)19/h9-10,20H,2-8H2,1H3,(H,14,16)(H,18,19)/t9-,10-/m1/s1. The third-order valence-electron chi connectivity index (χ3n) is 3.66. The number of carboxylic acids is 1. The summed E-state index contributed by atoms with van der Waals surface area (Å²) in [6.07, 6.45) is 3.33. The molecule has 3 N–H and O–H groups in total. The van der Waals surface area contributed by atoms with Crippen LogP contribution in [-0.2, 0) is 14.4 Å². The monoisotopic (exact) mass is 286 g/mol. The predicted octanol–water partition coefficient (Wildman–Crippen LogP) is 0.621. The van der Waals surface area contributed by atoms with Gasteiger partial charge in [-0.05, 0) is 19.3 Å². The Hall–Kier alpha value is -1.63. The van der Waals surface area contributed by atoms with E-state index in [9.17, 15) is 19.5 Å². The van der Waals surface area contributed by atoms with Crippen molar-refractivity contribution in [1.29, 1.82) is 0 Å². The summed E-state index contributed by atoms with van der Waals surface area (Å²) < 4.78 is 0. The van der Waals surface area contributed by atoms with Gasteiger partial charge in [-0.15, -0.1) is 0 Å². The predicted molar refractivity (Wildman–Crippen MR) is 69.9 cm³/mol. The minimum absolute atomic E-state index is 0.244. The van der Waals surface area contributed by atoms with Crippen LogP contribution in [0.4, 0.5) is 0 Å². The lowest BCUT2D eigenvalue weighted by molar-refractivity contribution is -0.153. The molecule has 0 bridgehead atoms. The fourth-order valence-electron chi connectivity index (χ4n) is 2.70. The molecule has 0 aliphatic heterocycles. The van der Waals surface area contributed by atoms with Crippen molar-refractivity contribution in [2.75, 3.05) is 13.1 Å². The van der Waals surface area contributed by atoms with Crippen LogP contribution in [-0.4, -0.2) is 46.1 Å². The Kier molecular flexibility index (Phi) is 6.44. The van der Waals surface area contributed by atoms with Crippen molar-refractivity contribution >= 4 is 17.8 Å². The first-order chi connectivity index (χ1) is 9.51. The second-order valence-electron chi connectivity index (χ2n) is 5.13. The molecule has 0 unspecified atom stereocenters. The summed E-state index contributed by atoms with van der Waals surface area (Å²) in [5.41, 5.74) is 1.50. The van der Waals surface area contributed by atoms with Crippen molar-refractivity contribution < 1.29 is 24.7 Å². The molecule has 0 heterocycles. The summed E-state index contributed by atoms with van der Waals surface area (Å²) in [7, 11) is 0. The second kappa shape index (κ2) is 7.84.